The second-order valence-electron chi connectivity index (χ2n) is 9.13. The van der Waals surface area contributed by atoms with Crippen molar-refractivity contribution in [2.45, 2.75) is 70.7 Å². The highest BCUT2D eigenvalue weighted by Crippen LogP contribution is 2.32. The highest BCUT2D eigenvalue weighted by atomic mass is 16.5. The number of carbonyl (C=O) groups is 1. The van der Waals surface area contributed by atoms with Crippen LogP contribution < -0.4 is 5.32 Å². The summed E-state index contributed by atoms with van der Waals surface area (Å²) in [6.45, 7) is 7.66. The summed E-state index contributed by atoms with van der Waals surface area (Å²) in [5.74, 6) is 0.388. The third-order valence-corrected chi connectivity index (χ3v) is 5.61. The number of hydrogen-bond acceptors (Lipinski definition) is 4. The molecule has 0 bridgehead atoms. The Bertz CT molecular complexity index is 1010. The third kappa shape index (κ3) is 4.14. The molecule has 0 spiro atoms. The molecule has 2 heterocycles. The maximum Gasteiger partial charge on any atom is 0.229 e. The SMILES string of the molecule is CC1(C)CCCC(CC(=O)Nc2nc3ccc(C(C)(C)O)cc3n2C2=CC=C2)O1. The van der Waals surface area contributed by atoms with Crippen LogP contribution in [0.1, 0.15) is 58.9 Å². The quantitative estimate of drug-likeness (QED) is 0.789. The van der Waals surface area contributed by atoms with Gasteiger partial charge in [0.1, 0.15) is 0 Å². The van der Waals surface area contributed by atoms with Gasteiger partial charge in [-0.3, -0.25) is 14.7 Å². The molecule has 1 aliphatic heterocycles. The van der Waals surface area contributed by atoms with Crippen molar-refractivity contribution in [3.8, 4) is 0 Å². The molecule has 2 N–H and O–H groups in total. The number of rotatable bonds is 5. The van der Waals surface area contributed by atoms with Crippen molar-refractivity contribution < 1.29 is 14.6 Å². The van der Waals surface area contributed by atoms with Gasteiger partial charge < -0.3 is 9.84 Å². The molecule has 0 saturated carbocycles. The van der Waals surface area contributed by atoms with E-state index in [-0.39, 0.29) is 17.6 Å². The first kappa shape index (κ1) is 19.9. The van der Waals surface area contributed by atoms with Gasteiger partial charge in [-0.1, -0.05) is 12.1 Å². The number of fused-ring (bicyclic) bond motifs is 1. The summed E-state index contributed by atoms with van der Waals surface area (Å²) in [6.07, 6.45) is 9.13. The minimum atomic E-state index is -0.957. The van der Waals surface area contributed by atoms with Crippen LogP contribution in [0.15, 0.2) is 36.4 Å². The Hall–Kier alpha value is -2.44. The molecule has 1 amide bonds. The fraction of sp³-hybridized carbons (Fsp3) is 0.478. The minimum Gasteiger partial charge on any atom is -0.386 e. The van der Waals surface area contributed by atoms with Gasteiger partial charge in [-0.15, -0.1) is 0 Å². The van der Waals surface area contributed by atoms with E-state index in [4.69, 9.17) is 4.74 Å². The standard InChI is InChI=1S/C23H29N3O3/c1-22(2)12-6-9-17(29-22)14-20(27)25-21-24-18-11-10-15(23(3,4)28)13-19(18)26(21)16-7-5-8-16/h5,7-8,10-11,13,17,28H,6,9,12,14H2,1-4H3,(H,24,25,27). The van der Waals surface area contributed by atoms with Crippen LogP contribution in [0, 0.1) is 0 Å². The van der Waals surface area contributed by atoms with E-state index in [0.717, 1.165) is 41.6 Å². The van der Waals surface area contributed by atoms with Crippen LogP contribution in [0.5, 0.6) is 0 Å². The monoisotopic (exact) mass is 395 g/mol. The zero-order valence-electron chi connectivity index (χ0n) is 17.5. The zero-order valence-corrected chi connectivity index (χ0v) is 17.5. The van der Waals surface area contributed by atoms with Crippen molar-refractivity contribution in [1.29, 1.82) is 0 Å². The average molecular weight is 396 g/mol. The molecule has 4 rings (SSSR count). The molecule has 29 heavy (non-hydrogen) atoms. The Balaban J connectivity index is 1.60. The Morgan fingerprint density at radius 1 is 1.41 bits per heavy atom. The van der Waals surface area contributed by atoms with Gasteiger partial charge in [0.25, 0.3) is 0 Å². The first-order valence-corrected chi connectivity index (χ1v) is 10.2. The highest BCUT2D eigenvalue weighted by Gasteiger charge is 2.30. The first-order valence-electron chi connectivity index (χ1n) is 10.2. The predicted octanol–water partition coefficient (Wildman–Crippen LogP) is 4.35. The van der Waals surface area contributed by atoms with Crippen molar-refractivity contribution in [3.05, 3.63) is 42.0 Å². The largest absolute Gasteiger partial charge is 0.386 e. The molecule has 1 unspecified atom stereocenters. The van der Waals surface area contributed by atoms with Gasteiger partial charge in [-0.2, -0.15) is 0 Å². The van der Waals surface area contributed by atoms with Crippen LogP contribution in [0.25, 0.3) is 16.7 Å². The van der Waals surface area contributed by atoms with Gasteiger partial charge in [0.05, 0.1) is 34.8 Å². The lowest BCUT2D eigenvalue weighted by atomic mass is 9.94. The van der Waals surface area contributed by atoms with Crippen LogP contribution in [0.3, 0.4) is 0 Å². The van der Waals surface area contributed by atoms with Gasteiger partial charge in [0.15, 0.2) is 0 Å². The summed E-state index contributed by atoms with van der Waals surface area (Å²) < 4.78 is 7.99. The van der Waals surface area contributed by atoms with Crippen LogP contribution in [-0.2, 0) is 15.1 Å². The van der Waals surface area contributed by atoms with Crippen LogP contribution in [-0.4, -0.2) is 32.3 Å². The van der Waals surface area contributed by atoms with Crippen LogP contribution in [0.2, 0.25) is 0 Å². The summed E-state index contributed by atoms with van der Waals surface area (Å²) in [5, 5.41) is 13.4. The minimum absolute atomic E-state index is 0.0683. The lowest BCUT2D eigenvalue weighted by molar-refractivity contribution is -0.131. The van der Waals surface area contributed by atoms with Gasteiger partial charge in [0.2, 0.25) is 11.9 Å². The fourth-order valence-corrected chi connectivity index (χ4v) is 3.98. The maximum absolute atomic E-state index is 12.8. The number of ether oxygens (including phenoxy) is 1. The molecule has 2 aliphatic rings. The summed E-state index contributed by atoms with van der Waals surface area (Å²) in [6, 6.07) is 5.68. The molecule has 1 atom stereocenters. The Morgan fingerprint density at radius 3 is 2.79 bits per heavy atom. The molecule has 2 aromatic rings. The van der Waals surface area contributed by atoms with Crippen molar-refractivity contribution in [3.63, 3.8) is 0 Å². The summed E-state index contributed by atoms with van der Waals surface area (Å²) in [7, 11) is 0. The lowest BCUT2D eigenvalue weighted by Crippen LogP contribution is -2.37. The van der Waals surface area contributed by atoms with E-state index in [1.807, 2.05) is 41.0 Å². The number of allylic oxidation sites excluding steroid dienone is 4. The number of benzene rings is 1. The van der Waals surface area contributed by atoms with Crippen LogP contribution in [0.4, 0.5) is 5.95 Å². The number of aromatic nitrogens is 2. The molecule has 6 heteroatoms. The molecule has 154 valence electrons. The molecule has 1 saturated heterocycles. The van der Waals surface area contributed by atoms with Crippen molar-refractivity contribution >= 4 is 28.6 Å². The second-order valence-corrected chi connectivity index (χ2v) is 9.13. The van der Waals surface area contributed by atoms with Crippen molar-refractivity contribution in [1.82, 2.24) is 9.55 Å². The van der Waals surface area contributed by atoms with Crippen LogP contribution >= 0.6 is 0 Å². The highest BCUT2D eigenvalue weighted by molar-refractivity contribution is 5.94. The average Bonchev–Trinajstić information content (AvgIpc) is 2.88. The van der Waals surface area contributed by atoms with Crippen molar-refractivity contribution in [2.75, 3.05) is 5.32 Å². The van der Waals surface area contributed by atoms with Gasteiger partial charge in [-0.05, 0) is 76.8 Å². The summed E-state index contributed by atoms with van der Waals surface area (Å²) in [4.78, 5) is 17.4. The Labute approximate surface area is 171 Å². The van der Waals surface area contributed by atoms with Crippen molar-refractivity contribution in [2.24, 2.45) is 0 Å². The number of anilines is 1. The zero-order chi connectivity index (χ0) is 20.8. The Morgan fingerprint density at radius 2 is 2.17 bits per heavy atom. The van der Waals surface area contributed by atoms with Gasteiger partial charge >= 0.3 is 0 Å². The maximum atomic E-state index is 12.8. The smallest absolute Gasteiger partial charge is 0.229 e. The topological polar surface area (TPSA) is 76.4 Å². The van der Waals surface area contributed by atoms with Gasteiger partial charge in [-0.25, -0.2) is 4.98 Å². The molecule has 1 fully saturated rings. The molecular formula is C23H29N3O3. The van der Waals surface area contributed by atoms with E-state index < -0.39 is 5.60 Å². The Kier molecular flexibility index (Phi) is 4.87. The normalized spacial score (nSPS) is 21.0. The number of imidazole rings is 1. The second kappa shape index (κ2) is 7.11. The lowest BCUT2D eigenvalue weighted by Gasteiger charge is -2.35. The van der Waals surface area contributed by atoms with E-state index in [1.54, 1.807) is 13.8 Å². The summed E-state index contributed by atoms with van der Waals surface area (Å²) in [5.41, 5.74) is 2.24. The van der Waals surface area contributed by atoms with E-state index in [0.29, 0.717) is 12.4 Å². The molecule has 1 aliphatic carbocycles. The molecule has 1 aromatic carbocycles. The molecule has 6 nitrogen and oxygen atoms in total. The van der Waals surface area contributed by atoms with Gasteiger partial charge in [0, 0.05) is 5.70 Å². The summed E-state index contributed by atoms with van der Waals surface area (Å²) >= 11 is 0. The third-order valence-electron chi connectivity index (χ3n) is 5.61. The molecular weight excluding hydrogens is 366 g/mol. The fourth-order valence-electron chi connectivity index (χ4n) is 3.98. The number of nitrogens with one attached hydrogen (secondary N) is 1. The molecule has 1 aromatic heterocycles. The predicted molar refractivity (Wildman–Crippen MR) is 114 cm³/mol. The van der Waals surface area contributed by atoms with E-state index >= 15 is 0 Å². The number of hydrogen-bond donors (Lipinski definition) is 2. The van der Waals surface area contributed by atoms with E-state index in [2.05, 4.69) is 24.1 Å². The number of nitrogens with zero attached hydrogens (tertiary/aromatic N) is 2. The number of carbonyl (C=O) groups excluding carboxylic acids is 1. The van der Waals surface area contributed by atoms with E-state index in [1.165, 1.54) is 0 Å². The van der Waals surface area contributed by atoms with E-state index in [9.17, 15) is 9.90 Å². The molecule has 0 radical (unpaired) electrons. The number of aliphatic hydroxyl groups is 1. The number of amides is 1. The first-order chi connectivity index (χ1) is 13.6.